The van der Waals surface area contributed by atoms with Gasteiger partial charge in [-0.05, 0) is 24.6 Å². The van der Waals surface area contributed by atoms with Crippen molar-refractivity contribution in [1.29, 1.82) is 0 Å². The molecule has 2 aromatic rings. The van der Waals surface area contributed by atoms with Gasteiger partial charge in [-0.2, -0.15) is 0 Å². The van der Waals surface area contributed by atoms with Gasteiger partial charge in [-0.25, -0.2) is 9.37 Å². The van der Waals surface area contributed by atoms with Crippen LogP contribution in [0, 0.1) is 5.82 Å². The van der Waals surface area contributed by atoms with E-state index >= 15 is 0 Å². The number of nitrogens with zero attached hydrogens (tertiary/aromatic N) is 2. The maximum absolute atomic E-state index is 14.0. The molecule has 0 bridgehead atoms. The van der Waals surface area contributed by atoms with Crippen LogP contribution in [0.4, 0.5) is 4.39 Å². The largest absolute Gasteiger partial charge is 0.324 e. The van der Waals surface area contributed by atoms with Gasteiger partial charge in [-0.15, -0.1) is 0 Å². The maximum atomic E-state index is 14.0. The van der Waals surface area contributed by atoms with Crippen molar-refractivity contribution in [1.82, 2.24) is 9.55 Å². The molecule has 0 unspecified atom stereocenters. The third kappa shape index (κ3) is 2.22. The predicted molar refractivity (Wildman–Crippen MR) is 65.5 cm³/mol. The minimum atomic E-state index is -0.271. The number of halogens is 1. The number of rotatable bonds is 3. The van der Waals surface area contributed by atoms with E-state index in [1.807, 2.05) is 19.9 Å². The highest BCUT2D eigenvalue weighted by Crippen LogP contribution is 2.19. The lowest BCUT2D eigenvalue weighted by Gasteiger charge is -2.11. The van der Waals surface area contributed by atoms with Crippen molar-refractivity contribution in [2.24, 2.45) is 5.73 Å². The van der Waals surface area contributed by atoms with E-state index in [0.29, 0.717) is 5.69 Å². The average molecular weight is 233 g/mol. The summed E-state index contributed by atoms with van der Waals surface area (Å²) in [5, 5.41) is 0. The highest BCUT2D eigenvalue weighted by Gasteiger charge is 2.10. The van der Waals surface area contributed by atoms with Crippen LogP contribution in [-0.2, 0) is 6.42 Å². The van der Waals surface area contributed by atoms with Gasteiger partial charge in [0.25, 0.3) is 0 Å². The Hall–Kier alpha value is -1.68. The van der Waals surface area contributed by atoms with Crippen LogP contribution in [0.2, 0.25) is 0 Å². The van der Waals surface area contributed by atoms with Crippen molar-refractivity contribution < 1.29 is 4.39 Å². The fourth-order valence-corrected chi connectivity index (χ4v) is 1.82. The highest BCUT2D eigenvalue weighted by molar-refractivity contribution is 5.38. The van der Waals surface area contributed by atoms with Gasteiger partial charge in [-0.1, -0.05) is 13.0 Å². The van der Waals surface area contributed by atoms with Gasteiger partial charge in [0, 0.05) is 24.9 Å². The molecular formula is C13H16FN3. The zero-order valence-electron chi connectivity index (χ0n) is 10.0. The van der Waals surface area contributed by atoms with Gasteiger partial charge in [0.05, 0.1) is 5.69 Å². The number of hydrogen-bond acceptors (Lipinski definition) is 2. The molecule has 0 saturated heterocycles. The molecule has 1 aromatic heterocycles. The zero-order chi connectivity index (χ0) is 12.4. The Labute approximate surface area is 100 Å². The fourth-order valence-electron chi connectivity index (χ4n) is 1.82. The maximum Gasteiger partial charge on any atom is 0.147 e. The normalized spacial score (nSPS) is 12.7. The van der Waals surface area contributed by atoms with E-state index in [-0.39, 0.29) is 11.9 Å². The van der Waals surface area contributed by atoms with Gasteiger partial charge < -0.3 is 10.3 Å². The lowest BCUT2D eigenvalue weighted by molar-refractivity contribution is 0.610. The molecule has 1 atom stereocenters. The van der Waals surface area contributed by atoms with E-state index in [4.69, 9.17) is 5.73 Å². The van der Waals surface area contributed by atoms with Crippen LogP contribution in [0.5, 0.6) is 0 Å². The standard InChI is InChI=1S/C13H16FN3/c1-3-13-16-6-7-17(13)12-5-4-10(9(2)15)8-11(12)14/h4-9H,3,15H2,1-2H3/t9-/m1/s1. The van der Waals surface area contributed by atoms with Gasteiger partial charge in [-0.3, -0.25) is 0 Å². The van der Waals surface area contributed by atoms with Crippen molar-refractivity contribution in [2.75, 3.05) is 0 Å². The van der Waals surface area contributed by atoms with E-state index in [1.54, 1.807) is 23.0 Å². The van der Waals surface area contributed by atoms with Crippen molar-refractivity contribution in [3.8, 4) is 5.69 Å². The van der Waals surface area contributed by atoms with Crippen molar-refractivity contribution in [3.63, 3.8) is 0 Å². The van der Waals surface area contributed by atoms with Crippen molar-refractivity contribution >= 4 is 0 Å². The molecule has 0 radical (unpaired) electrons. The van der Waals surface area contributed by atoms with E-state index in [9.17, 15) is 4.39 Å². The van der Waals surface area contributed by atoms with Crippen LogP contribution in [0.1, 0.15) is 31.3 Å². The minimum Gasteiger partial charge on any atom is -0.324 e. The summed E-state index contributed by atoms with van der Waals surface area (Å²) in [7, 11) is 0. The molecule has 0 aliphatic carbocycles. The summed E-state index contributed by atoms with van der Waals surface area (Å²) in [4.78, 5) is 4.18. The smallest absolute Gasteiger partial charge is 0.147 e. The molecule has 1 heterocycles. The van der Waals surface area contributed by atoms with Crippen LogP contribution in [-0.4, -0.2) is 9.55 Å². The molecule has 0 amide bonds. The molecule has 0 aliphatic rings. The molecule has 90 valence electrons. The van der Waals surface area contributed by atoms with Crippen LogP contribution in [0.25, 0.3) is 5.69 Å². The lowest BCUT2D eigenvalue weighted by Crippen LogP contribution is -2.07. The molecule has 4 heteroatoms. The first-order valence-electron chi connectivity index (χ1n) is 5.71. The highest BCUT2D eigenvalue weighted by atomic mass is 19.1. The lowest BCUT2D eigenvalue weighted by atomic mass is 10.1. The third-order valence-electron chi connectivity index (χ3n) is 2.79. The molecular weight excluding hydrogens is 217 g/mol. The second-order valence-electron chi connectivity index (χ2n) is 4.07. The zero-order valence-corrected chi connectivity index (χ0v) is 10.0. The molecule has 17 heavy (non-hydrogen) atoms. The number of imidazole rings is 1. The third-order valence-corrected chi connectivity index (χ3v) is 2.79. The second kappa shape index (κ2) is 4.67. The van der Waals surface area contributed by atoms with Gasteiger partial charge in [0.1, 0.15) is 11.6 Å². The van der Waals surface area contributed by atoms with E-state index in [1.165, 1.54) is 6.07 Å². The summed E-state index contributed by atoms with van der Waals surface area (Å²) in [5.74, 6) is 0.574. The van der Waals surface area contributed by atoms with Crippen LogP contribution in [0.3, 0.4) is 0 Å². The topological polar surface area (TPSA) is 43.8 Å². The first-order valence-corrected chi connectivity index (χ1v) is 5.71. The molecule has 3 nitrogen and oxygen atoms in total. The van der Waals surface area contributed by atoms with Crippen molar-refractivity contribution in [2.45, 2.75) is 26.3 Å². The fraction of sp³-hybridized carbons (Fsp3) is 0.308. The Morgan fingerprint density at radius 2 is 2.24 bits per heavy atom. The van der Waals surface area contributed by atoms with Crippen molar-refractivity contribution in [3.05, 3.63) is 47.8 Å². The summed E-state index contributed by atoms with van der Waals surface area (Å²) < 4.78 is 15.8. The SMILES string of the molecule is CCc1nccn1-c1ccc([C@@H](C)N)cc1F. The summed E-state index contributed by atoms with van der Waals surface area (Å²) >= 11 is 0. The quantitative estimate of drug-likeness (QED) is 0.885. The summed E-state index contributed by atoms with van der Waals surface area (Å²) in [6.45, 7) is 3.83. The molecule has 2 N–H and O–H groups in total. The van der Waals surface area contributed by atoms with Crippen LogP contribution < -0.4 is 5.73 Å². The summed E-state index contributed by atoms with van der Waals surface area (Å²) in [6.07, 6.45) is 4.21. The first-order chi connectivity index (χ1) is 8.13. The molecule has 0 fully saturated rings. The first kappa shape index (κ1) is 11.8. The predicted octanol–water partition coefficient (Wildman–Crippen LogP) is 2.59. The van der Waals surface area contributed by atoms with Gasteiger partial charge in [0.2, 0.25) is 0 Å². The Bertz CT molecular complexity index is 517. The molecule has 0 aliphatic heterocycles. The van der Waals surface area contributed by atoms with E-state index < -0.39 is 0 Å². The average Bonchev–Trinajstić information content (AvgIpc) is 2.76. The number of aromatic nitrogens is 2. The monoisotopic (exact) mass is 233 g/mol. The Balaban J connectivity index is 2.47. The number of nitrogens with two attached hydrogens (primary N) is 1. The Kier molecular flexibility index (Phi) is 3.24. The van der Waals surface area contributed by atoms with Crippen LogP contribution >= 0.6 is 0 Å². The summed E-state index contributed by atoms with van der Waals surface area (Å²) in [5.41, 5.74) is 7.03. The Morgan fingerprint density at radius 3 is 2.82 bits per heavy atom. The van der Waals surface area contributed by atoms with Crippen LogP contribution in [0.15, 0.2) is 30.6 Å². The number of benzene rings is 1. The molecule has 0 spiro atoms. The molecule has 0 saturated carbocycles. The number of aryl methyl sites for hydroxylation is 1. The molecule has 1 aromatic carbocycles. The van der Waals surface area contributed by atoms with Gasteiger partial charge >= 0.3 is 0 Å². The minimum absolute atomic E-state index is 0.160. The van der Waals surface area contributed by atoms with E-state index in [0.717, 1.165) is 17.8 Å². The number of hydrogen-bond donors (Lipinski definition) is 1. The van der Waals surface area contributed by atoms with E-state index in [2.05, 4.69) is 4.98 Å². The van der Waals surface area contributed by atoms with Gasteiger partial charge in [0.15, 0.2) is 0 Å². The second-order valence-corrected chi connectivity index (χ2v) is 4.07. The Morgan fingerprint density at radius 1 is 1.47 bits per heavy atom. The molecule has 2 rings (SSSR count). The summed E-state index contributed by atoms with van der Waals surface area (Å²) in [6, 6.07) is 4.92.